The van der Waals surface area contributed by atoms with E-state index < -0.39 is 0 Å². The summed E-state index contributed by atoms with van der Waals surface area (Å²) in [5.41, 5.74) is 1.60. The molecular formula is C35H50O7. The molecule has 1 aromatic heterocycles. The third-order valence-electron chi connectivity index (χ3n) is 7.70. The van der Waals surface area contributed by atoms with Gasteiger partial charge in [0.15, 0.2) is 17.3 Å². The number of unbranched alkanes of at least 4 members (excludes halogenated alkanes) is 8. The minimum atomic E-state index is -0.353. The van der Waals surface area contributed by atoms with Gasteiger partial charge in [0, 0.05) is 16.7 Å². The Hall–Kier alpha value is -3.35. The summed E-state index contributed by atoms with van der Waals surface area (Å²) in [5, 5.41) is 32.2. The fourth-order valence-corrected chi connectivity index (χ4v) is 5.25. The number of rotatable bonds is 19. The average molecular weight is 583 g/mol. The van der Waals surface area contributed by atoms with Gasteiger partial charge < -0.3 is 29.2 Å². The van der Waals surface area contributed by atoms with E-state index in [9.17, 15) is 20.1 Å². The molecule has 0 saturated heterocycles. The zero-order chi connectivity index (χ0) is 30.5. The highest BCUT2D eigenvalue weighted by atomic mass is 16.5. The molecule has 0 atom stereocenters. The van der Waals surface area contributed by atoms with Gasteiger partial charge >= 0.3 is 0 Å². The Bertz CT molecular complexity index is 1340. The normalized spacial score (nSPS) is 11.3. The van der Waals surface area contributed by atoms with Gasteiger partial charge in [0.05, 0.1) is 13.2 Å². The van der Waals surface area contributed by atoms with Crippen LogP contribution in [0.1, 0.15) is 116 Å². The second-order valence-electron chi connectivity index (χ2n) is 11.2. The summed E-state index contributed by atoms with van der Waals surface area (Å²) < 4.78 is 19.0. The highest BCUT2D eigenvalue weighted by Crippen LogP contribution is 2.45. The third-order valence-corrected chi connectivity index (χ3v) is 7.70. The first-order valence-electron chi connectivity index (χ1n) is 16.0. The number of aryl methyl sites for hydroxylation is 1. The van der Waals surface area contributed by atoms with Crippen LogP contribution in [0, 0.1) is 0 Å². The van der Waals surface area contributed by atoms with Crippen molar-refractivity contribution in [2.45, 2.75) is 118 Å². The van der Waals surface area contributed by atoms with Gasteiger partial charge in [0.1, 0.15) is 22.5 Å². The number of benzene rings is 2. The number of fused-ring (bicyclic) bond motifs is 1. The van der Waals surface area contributed by atoms with Crippen LogP contribution in [-0.2, 0) is 12.8 Å². The van der Waals surface area contributed by atoms with Crippen LogP contribution in [0.4, 0.5) is 0 Å². The molecule has 0 aliphatic rings. The number of phenols is 3. The van der Waals surface area contributed by atoms with Crippen molar-refractivity contribution in [1.29, 1.82) is 0 Å². The van der Waals surface area contributed by atoms with E-state index in [4.69, 9.17) is 13.9 Å². The van der Waals surface area contributed by atoms with Crippen LogP contribution >= 0.6 is 0 Å². The van der Waals surface area contributed by atoms with E-state index in [1.54, 1.807) is 6.07 Å². The molecular weight excluding hydrogens is 532 g/mol. The molecule has 0 saturated carbocycles. The van der Waals surface area contributed by atoms with Crippen molar-refractivity contribution in [3.63, 3.8) is 0 Å². The second kappa shape index (κ2) is 16.9. The zero-order valence-corrected chi connectivity index (χ0v) is 26.0. The number of hydrogen-bond donors (Lipinski definition) is 3. The van der Waals surface area contributed by atoms with Crippen LogP contribution in [0.2, 0.25) is 0 Å². The predicted molar refractivity (Wildman–Crippen MR) is 169 cm³/mol. The molecule has 0 aliphatic carbocycles. The number of ether oxygens (including phenoxy) is 2. The van der Waals surface area contributed by atoms with E-state index in [1.807, 2.05) is 0 Å². The summed E-state index contributed by atoms with van der Waals surface area (Å²) in [7, 11) is 0. The molecule has 0 amide bonds. The highest BCUT2D eigenvalue weighted by molar-refractivity contribution is 5.93. The Labute approximate surface area is 250 Å². The molecule has 0 radical (unpaired) electrons. The first-order valence-corrected chi connectivity index (χ1v) is 16.0. The molecule has 2 aromatic carbocycles. The number of aromatic hydroxyl groups is 3. The SMILES string of the molecule is CCCCCOc1c(-c2ccc(O)c(O)c2)oc2c(CCCCC)c(O)c(CCCCC)c(OCCCCC)c2c1=O. The predicted octanol–water partition coefficient (Wildman–Crippen LogP) is 9.18. The molecule has 3 aromatic rings. The smallest absolute Gasteiger partial charge is 0.239 e. The van der Waals surface area contributed by atoms with Crippen LogP contribution in [-0.4, -0.2) is 28.5 Å². The van der Waals surface area contributed by atoms with Crippen LogP contribution in [0.15, 0.2) is 27.4 Å². The summed E-state index contributed by atoms with van der Waals surface area (Å²) in [5.74, 6) is 0.132. The average Bonchev–Trinajstić information content (AvgIpc) is 2.98. The minimum Gasteiger partial charge on any atom is -0.507 e. The summed E-state index contributed by atoms with van der Waals surface area (Å²) in [4.78, 5) is 14.5. The molecule has 7 heteroatoms. The van der Waals surface area contributed by atoms with E-state index >= 15 is 0 Å². The van der Waals surface area contributed by atoms with Crippen molar-refractivity contribution in [2.75, 3.05) is 13.2 Å². The zero-order valence-electron chi connectivity index (χ0n) is 26.0. The fourth-order valence-electron chi connectivity index (χ4n) is 5.25. The minimum absolute atomic E-state index is 0.0480. The maximum atomic E-state index is 14.5. The van der Waals surface area contributed by atoms with Crippen molar-refractivity contribution < 1.29 is 29.2 Å². The maximum absolute atomic E-state index is 14.5. The largest absolute Gasteiger partial charge is 0.507 e. The van der Waals surface area contributed by atoms with Crippen molar-refractivity contribution in [3.05, 3.63) is 39.5 Å². The van der Waals surface area contributed by atoms with Crippen molar-refractivity contribution >= 4 is 11.0 Å². The van der Waals surface area contributed by atoms with Crippen LogP contribution in [0.3, 0.4) is 0 Å². The lowest BCUT2D eigenvalue weighted by molar-refractivity contribution is 0.294. The van der Waals surface area contributed by atoms with E-state index in [-0.39, 0.29) is 34.2 Å². The molecule has 0 aliphatic heterocycles. The summed E-state index contributed by atoms with van der Waals surface area (Å²) >= 11 is 0. The maximum Gasteiger partial charge on any atom is 0.239 e. The van der Waals surface area contributed by atoms with Gasteiger partial charge in [-0.1, -0.05) is 79.1 Å². The monoisotopic (exact) mass is 582 g/mol. The van der Waals surface area contributed by atoms with Crippen LogP contribution < -0.4 is 14.9 Å². The Kier molecular flexibility index (Phi) is 13.4. The van der Waals surface area contributed by atoms with E-state index in [1.165, 1.54) is 12.1 Å². The van der Waals surface area contributed by atoms with Gasteiger partial charge in [-0.2, -0.15) is 0 Å². The van der Waals surface area contributed by atoms with E-state index in [0.717, 1.165) is 77.0 Å². The molecule has 0 bridgehead atoms. The van der Waals surface area contributed by atoms with E-state index in [0.29, 0.717) is 59.5 Å². The summed E-state index contributed by atoms with van der Waals surface area (Å²) in [6, 6.07) is 4.29. The quantitative estimate of drug-likeness (QED) is 0.0954. The molecule has 7 nitrogen and oxygen atoms in total. The topological polar surface area (TPSA) is 109 Å². The first kappa shape index (κ1) is 33.2. The third kappa shape index (κ3) is 8.14. The Morgan fingerprint density at radius 1 is 0.667 bits per heavy atom. The number of hydrogen-bond acceptors (Lipinski definition) is 7. The van der Waals surface area contributed by atoms with Gasteiger partial charge in [-0.05, 0) is 56.7 Å². The molecule has 0 unspecified atom stereocenters. The van der Waals surface area contributed by atoms with Crippen LogP contribution in [0.25, 0.3) is 22.3 Å². The molecule has 232 valence electrons. The Balaban J connectivity index is 2.36. The second-order valence-corrected chi connectivity index (χ2v) is 11.2. The van der Waals surface area contributed by atoms with Gasteiger partial charge in [0.2, 0.25) is 11.2 Å². The Morgan fingerprint density at radius 3 is 1.79 bits per heavy atom. The number of phenolic OH excluding ortho intramolecular Hbond substituents is 3. The van der Waals surface area contributed by atoms with Gasteiger partial charge in [-0.3, -0.25) is 4.79 Å². The van der Waals surface area contributed by atoms with Crippen molar-refractivity contribution in [3.8, 4) is 40.1 Å². The Morgan fingerprint density at radius 2 is 1.21 bits per heavy atom. The first-order chi connectivity index (χ1) is 20.4. The molecule has 0 spiro atoms. The molecule has 3 N–H and O–H groups in total. The molecule has 42 heavy (non-hydrogen) atoms. The lowest BCUT2D eigenvalue weighted by Gasteiger charge is -2.21. The lowest BCUT2D eigenvalue weighted by atomic mass is 9.94. The van der Waals surface area contributed by atoms with Gasteiger partial charge in [-0.15, -0.1) is 0 Å². The van der Waals surface area contributed by atoms with E-state index in [2.05, 4.69) is 27.7 Å². The van der Waals surface area contributed by atoms with Crippen molar-refractivity contribution in [1.82, 2.24) is 0 Å². The summed E-state index contributed by atoms with van der Waals surface area (Å²) in [6.45, 7) is 9.25. The van der Waals surface area contributed by atoms with Crippen LogP contribution in [0.5, 0.6) is 28.7 Å². The van der Waals surface area contributed by atoms with Crippen molar-refractivity contribution in [2.24, 2.45) is 0 Å². The molecule has 3 rings (SSSR count). The highest BCUT2D eigenvalue weighted by Gasteiger charge is 2.28. The standard InChI is InChI=1S/C35H50O7/c1-5-9-13-17-25-30(38)26(18-14-10-6-2)34-29(33(25)40-21-15-11-7-3)31(39)35(41-22-16-12-8-4)32(42-34)24-19-20-27(36)28(37)23-24/h19-20,23,36-38H,5-18,21-22H2,1-4H3. The van der Waals surface area contributed by atoms with Gasteiger partial charge in [-0.25, -0.2) is 0 Å². The summed E-state index contributed by atoms with van der Waals surface area (Å²) in [6.07, 6.45) is 12.5. The molecule has 0 fully saturated rings. The fraction of sp³-hybridized carbons (Fsp3) is 0.571. The lowest BCUT2D eigenvalue weighted by Crippen LogP contribution is -2.15. The molecule has 1 heterocycles. The van der Waals surface area contributed by atoms with Gasteiger partial charge in [0.25, 0.3) is 0 Å².